The van der Waals surface area contributed by atoms with Gasteiger partial charge in [0.05, 0.1) is 12.3 Å². The quantitative estimate of drug-likeness (QED) is 0.857. The first-order valence-electron chi connectivity index (χ1n) is 5.25. The Morgan fingerprint density at radius 1 is 1.59 bits per heavy atom. The summed E-state index contributed by atoms with van der Waals surface area (Å²) in [7, 11) is 0. The van der Waals surface area contributed by atoms with Crippen LogP contribution in [0.1, 0.15) is 34.0 Å². The van der Waals surface area contributed by atoms with Crippen LogP contribution in [0.5, 0.6) is 0 Å². The minimum Gasteiger partial charge on any atom is -0.477 e. The molecule has 0 aliphatic heterocycles. The van der Waals surface area contributed by atoms with Crippen LogP contribution in [0, 0.1) is 0 Å². The van der Waals surface area contributed by atoms with Gasteiger partial charge in [0.25, 0.3) is 0 Å². The number of thiophene rings is 1. The summed E-state index contributed by atoms with van der Waals surface area (Å²) in [5.74, 6) is -0.0282. The molecule has 0 bridgehead atoms. The van der Waals surface area contributed by atoms with Crippen molar-refractivity contribution in [3.63, 3.8) is 0 Å². The molecule has 0 spiro atoms. The summed E-state index contributed by atoms with van der Waals surface area (Å²) in [4.78, 5) is 11.3. The van der Waals surface area contributed by atoms with E-state index in [2.05, 4.69) is 5.32 Å². The van der Waals surface area contributed by atoms with E-state index >= 15 is 0 Å². The molecule has 0 unspecified atom stereocenters. The van der Waals surface area contributed by atoms with Crippen molar-refractivity contribution in [2.75, 3.05) is 0 Å². The Hall–Kier alpha value is -1.59. The molecule has 2 heterocycles. The summed E-state index contributed by atoms with van der Waals surface area (Å²) < 4.78 is 5.27. The third-order valence-corrected chi connectivity index (χ3v) is 3.45. The molecule has 17 heavy (non-hydrogen) atoms. The molecule has 4 nitrogen and oxygen atoms in total. The second kappa shape index (κ2) is 5.16. The first-order chi connectivity index (χ1) is 8.18. The molecule has 0 fully saturated rings. The Balaban J connectivity index is 1.98. The van der Waals surface area contributed by atoms with E-state index in [1.807, 2.05) is 25.1 Å². The molecule has 0 aliphatic rings. The average Bonchev–Trinajstić information content (AvgIpc) is 2.96. The molecule has 2 N–H and O–H groups in total. The van der Waals surface area contributed by atoms with Crippen molar-refractivity contribution < 1.29 is 14.3 Å². The number of carbonyl (C=O) groups is 1. The molecule has 0 amide bonds. The largest absolute Gasteiger partial charge is 0.477 e. The number of hydrogen-bond donors (Lipinski definition) is 2. The number of aromatic carboxylic acids is 1. The zero-order valence-electron chi connectivity index (χ0n) is 9.34. The third-order valence-electron chi connectivity index (χ3n) is 2.51. The van der Waals surface area contributed by atoms with Gasteiger partial charge < -0.3 is 14.8 Å². The van der Waals surface area contributed by atoms with Crippen LogP contribution < -0.4 is 5.32 Å². The molecule has 2 aromatic heterocycles. The molecule has 0 aliphatic carbocycles. The molecule has 2 rings (SSSR count). The lowest BCUT2D eigenvalue weighted by atomic mass is 10.2. The van der Waals surface area contributed by atoms with Gasteiger partial charge in [-0.25, -0.2) is 4.79 Å². The summed E-state index contributed by atoms with van der Waals surface area (Å²) >= 11 is 1.24. The fourth-order valence-electron chi connectivity index (χ4n) is 1.56. The highest BCUT2D eigenvalue weighted by atomic mass is 32.1. The Labute approximate surface area is 103 Å². The van der Waals surface area contributed by atoms with Crippen molar-refractivity contribution in [3.8, 4) is 0 Å². The first-order valence-corrected chi connectivity index (χ1v) is 6.13. The van der Waals surface area contributed by atoms with E-state index in [4.69, 9.17) is 9.52 Å². The molecular weight excluding hydrogens is 238 g/mol. The summed E-state index contributed by atoms with van der Waals surface area (Å²) in [5, 5.41) is 14.0. The molecule has 0 saturated carbocycles. The number of carboxylic acid groups (broad SMARTS) is 1. The van der Waals surface area contributed by atoms with Gasteiger partial charge >= 0.3 is 5.97 Å². The summed E-state index contributed by atoms with van der Waals surface area (Å²) in [6, 6.07) is 5.62. The molecular formula is C12H13NO3S. The van der Waals surface area contributed by atoms with E-state index in [1.54, 1.807) is 11.6 Å². The summed E-state index contributed by atoms with van der Waals surface area (Å²) in [5.41, 5.74) is 0.806. The minimum atomic E-state index is -0.873. The number of nitrogens with one attached hydrogen (secondary N) is 1. The highest BCUT2D eigenvalue weighted by molar-refractivity contribution is 7.12. The van der Waals surface area contributed by atoms with E-state index in [1.165, 1.54) is 11.3 Å². The van der Waals surface area contributed by atoms with Crippen molar-refractivity contribution in [2.45, 2.75) is 19.5 Å². The van der Waals surface area contributed by atoms with Crippen LogP contribution in [0.25, 0.3) is 0 Å². The van der Waals surface area contributed by atoms with E-state index < -0.39 is 5.97 Å². The van der Waals surface area contributed by atoms with Gasteiger partial charge in [0.1, 0.15) is 10.6 Å². The lowest BCUT2D eigenvalue weighted by Crippen LogP contribution is -2.18. The van der Waals surface area contributed by atoms with Gasteiger partial charge in [-0.1, -0.05) is 0 Å². The molecule has 2 aromatic rings. The predicted molar refractivity (Wildman–Crippen MR) is 65.2 cm³/mol. The van der Waals surface area contributed by atoms with Crippen LogP contribution in [-0.2, 0) is 6.54 Å². The molecule has 1 atom stereocenters. The van der Waals surface area contributed by atoms with Crippen LogP contribution in [0.4, 0.5) is 0 Å². The van der Waals surface area contributed by atoms with Gasteiger partial charge in [-0.2, -0.15) is 0 Å². The van der Waals surface area contributed by atoms with Gasteiger partial charge in [0, 0.05) is 6.54 Å². The summed E-state index contributed by atoms with van der Waals surface area (Å²) in [6.45, 7) is 2.50. The minimum absolute atomic E-state index is 0.0616. The number of hydrogen-bond acceptors (Lipinski definition) is 4. The highest BCUT2D eigenvalue weighted by Gasteiger charge is 2.13. The first kappa shape index (κ1) is 11.9. The monoisotopic (exact) mass is 251 g/mol. The zero-order chi connectivity index (χ0) is 12.3. The molecule has 5 heteroatoms. The van der Waals surface area contributed by atoms with Gasteiger partial charge in [-0.3, -0.25) is 0 Å². The van der Waals surface area contributed by atoms with Crippen LogP contribution in [0.3, 0.4) is 0 Å². The van der Waals surface area contributed by atoms with E-state index in [9.17, 15) is 4.79 Å². The van der Waals surface area contributed by atoms with E-state index in [0.29, 0.717) is 11.4 Å². The number of rotatable bonds is 5. The molecule has 0 radical (unpaired) electrons. The van der Waals surface area contributed by atoms with Crippen molar-refractivity contribution in [1.82, 2.24) is 5.32 Å². The normalized spacial score (nSPS) is 12.5. The van der Waals surface area contributed by atoms with Crippen molar-refractivity contribution in [3.05, 3.63) is 46.0 Å². The lowest BCUT2D eigenvalue weighted by Gasteiger charge is -2.10. The highest BCUT2D eigenvalue weighted by Crippen LogP contribution is 2.18. The van der Waals surface area contributed by atoms with Crippen molar-refractivity contribution >= 4 is 17.3 Å². The maximum absolute atomic E-state index is 10.9. The SMILES string of the molecule is C[C@@H](NCc1ccsc1C(=O)O)c1ccco1. The Morgan fingerprint density at radius 3 is 3.06 bits per heavy atom. The van der Waals surface area contributed by atoms with Gasteiger partial charge in [0.15, 0.2) is 0 Å². The zero-order valence-corrected chi connectivity index (χ0v) is 10.2. The predicted octanol–water partition coefficient (Wildman–Crippen LogP) is 2.89. The Kier molecular flexibility index (Phi) is 3.61. The number of furan rings is 1. The van der Waals surface area contributed by atoms with Gasteiger partial charge in [-0.15, -0.1) is 11.3 Å². The topological polar surface area (TPSA) is 62.5 Å². The second-order valence-electron chi connectivity index (χ2n) is 3.70. The molecule has 90 valence electrons. The van der Waals surface area contributed by atoms with Crippen LogP contribution in [0.2, 0.25) is 0 Å². The van der Waals surface area contributed by atoms with Crippen molar-refractivity contribution in [1.29, 1.82) is 0 Å². The Morgan fingerprint density at radius 2 is 2.41 bits per heavy atom. The number of carboxylic acids is 1. The maximum Gasteiger partial charge on any atom is 0.346 e. The third kappa shape index (κ3) is 2.75. The van der Waals surface area contributed by atoms with E-state index in [-0.39, 0.29) is 6.04 Å². The van der Waals surface area contributed by atoms with Crippen molar-refractivity contribution in [2.24, 2.45) is 0 Å². The Bertz CT molecular complexity index is 490. The van der Waals surface area contributed by atoms with Crippen LogP contribution in [-0.4, -0.2) is 11.1 Å². The fourth-order valence-corrected chi connectivity index (χ4v) is 2.32. The van der Waals surface area contributed by atoms with Crippen LogP contribution >= 0.6 is 11.3 Å². The lowest BCUT2D eigenvalue weighted by molar-refractivity contribution is 0.0701. The fraction of sp³-hybridized carbons (Fsp3) is 0.250. The average molecular weight is 251 g/mol. The standard InChI is InChI=1S/C12H13NO3S/c1-8(10-3-2-5-16-10)13-7-9-4-6-17-11(9)12(14)15/h2-6,8,13H,7H2,1H3,(H,14,15)/t8-/m1/s1. The molecule has 0 aromatic carbocycles. The van der Waals surface area contributed by atoms with Gasteiger partial charge in [-0.05, 0) is 36.1 Å². The van der Waals surface area contributed by atoms with Gasteiger partial charge in [0.2, 0.25) is 0 Å². The second-order valence-corrected chi connectivity index (χ2v) is 4.61. The molecule has 0 saturated heterocycles. The van der Waals surface area contributed by atoms with Crippen LogP contribution in [0.15, 0.2) is 34.3 Å². The van der Waals surface area contributed by atoms with E-state index in [0.717, 1.165) is 11.3 Å². The summed E-state index contributed by atoms with van der Waals surface area (Å²) in [6.07, 6.45) is 1.63. The maximum atomic E-state index is 10.9. The smallest absolute Gasteiger partial charge is 0.346 e.